The highest BCUT2D eigenvalue weighted by Crippen LogP contribution is 2.35. The lowest BCUT2D eigenvalue weighted by atomic mass is 10.1. The number of anilines is 2. The van der Waals surface area contributed by atoms with Gasteiger partial charge in [0.15, 0.2) is 0 Å². The lowest BCUT2D eigenvalue weighted by Gasteiger charge is -2.14. The molecule has 0 fully saturated rings. The first-order chi connectivity index (χ1) is 12.9. The smallest absolute Gasteiger partial charge is 0.348 e. The Morgan fingerprint density at radius 2 is 1.63 bits per heavy atom. The second-order valence-electron chi connectivity index (χ2n) is 5.77. The predicted octanol–water partition coefficient (Wildman–Crippen LogP) is 4.77. The summed E-state index contributed by atoms with van der Waals surface area (Å²) < 4.78 is 39.1. The molecule has 0 radical (unpaired) electrons. The summed E-state index contributed by atoms with van der Waals surface area (Å²) in [7, 11) is 0. The number of hydrogen-bond acceptors (Lipinski definition) is 3. The van der Waals surface area contributed by atoms with E-state index in [1.165, 1.54) is 36.5 Å². The Balaban J connectivity index is 1.66. The first-order valence-corrected chi connectivity index (χ1v) is 8.15. The molecule has 1 amide bonds. The van der Waals surface area contributed by atoms with E-state index in [2.05, 4.69) is 15.6 Å². The first-order valence-electron chi connectivity index (χ1n) is 8.15. The zero-order valence-corrected chi connectivity index (χ0v) is 14.1. The minimum atomic E-state index is -4.47. The first kappa shape index (κ1) is 18.4. The lowest BCUT2D eigenvalue weighted by molar-refractivity contribution is -0.136. The molecule has 1 heterocycles. The van der Waals surface area contributed by atoms with Gasteiger partial charge in [0.05, 0.1) is 16.8 Å². The Bertz CT molecular complexity index is 910. The van der Waals surface area contributed by atoms with Crippen LogP contribution in [0.4, 0.5) is 24.7 Å². The average Bonchev–Trinajstić information content (AvgIpc) is 2.67. The Hall–Kier alpha value is -3.35. The van der Waals surface area contributed by atoms with Crippen LogP contribution in [0.15, 0.2) is 72.9 Å². The van der Waals surface area contributed by atoms with E-state index in [4.69, 9.17) is 0 Å². The van der Waals surface area contributed by atoms with Crippen LogP contribution >= 0.6 is 0 Å². The maximum Gasteiger partial charge on any atom is 0.418 e. The highest BCUT2D eigenvalue weighted by molar-refractivity contribution is 5.94. The molecule has 3 rings (SSSR count). The van der Waals surface area contributed by atoms with Gasteiger partial charge in [-0.25, -0.2) is 4.98 Å². The van der Waals surface area contributed by atoms with Crippen LogP contribution in [-0.4, -0.2) is 10.9 Å². The molecular weight excluding hydrogens is 355 g/mol. The van der Waals surface area contributed by atoms with Crippen molar-refractivity contribution in [2.24, 2.45) is 0 Å². The number of nitrogens with one attached hydrogen (secondary N) is 2. The number of amides is 1. The Morgan fingerprint density at radius 1 is 0.926 bits per heavy atom. The number of nitrogens with zero attached hydrogens (tertiary/aromatic N) is 1. The number of hydrogen-bond donors (Lipinski definition) is 2. The van der Waals surface area contributed by atoms with E-state index in [1.54, 1.807) is 0 Å². The van der Waals surface area contributed by atoms with Crippen LogP contribution in [0.3, 0.4) is 0 Å². The molecule has 2 N–H and O–H groups in total. The Labute approximate surface area is 154 Å². The normalized spacial score (nSPS) is 11.1. The molecule has 0 unspecified atom stereocenters. The molecule has 0 saturated heterocycles. The van der Waals surface area contributed by atoms with Crippen molar-refractivity contribution in [3.63, 3.8) is 0 Å². The van der Waals surface area contributed by atoms with Gasteiger partial charge in [0.1, 0.15) is 5.82 Å². The number of para-hydroxylation sites is 1. The quantitative estimate of drug-likeness (QED) is 0.679. The van der Waals surface area contributed by atoms with Gasteiger partial charge >= 0.3 is 6.18 Å². The monoisotopic (exact) mass is 371 g/mol. The molecule has 2 aromatic carbocycles. The molecule has 0 spiro atoms. The second-order valence-corrected chi connectivity index (χ2v) is 5.77. The number of carbonyl (C=O) groups is 1. The summed E-state index contributed by atoms with van der Waals surface area (Å²) >= 11 is 0. The van der Waals surface area contributed by atoms with Crippen LogP contribution in [0.1, 0.15) is 21.5 Å². The standard InChI is InChI=1S/C20H16F3N3O/c21-20(22,23)16-8-4-5-9-17(16)26-18-11-10-15(13-24-18)19(27)25-12-14-6-2-1-3-7-14/h1-11,13H,12H2,(H,24,26)(H,25,27). The predicted molar refractivity (Wildman–Crippen MR) is 96.6 cm³/mol. The van der Waals surface area contributed by atoms with Crippen LogP contribution in [0.5, 0.6) is 0 Å². The summed E-state index contributed by atoms with van der Waals surface area (Å²) in [5.41, 5.74) is 0.400. The zero-order valence-electron chi connectivity index (χ0n) is 14.1. The average molecular weight is 371 g/mol. The molecule has 1 aromatic heterocycles. The van der Waals surface area contributed by atoms with Crippen LogP contribution in [0.25, 0.3) is 0 Å². The molecule has 138 valence electrons. The fourth-order valence-electron chi connectivity index (χ4n) is 2.46. The van der Waals surface area contributed by atoms with Crippen molar-refractivity contribution >= 4 is 17.4 Å². The second kappa shape index (κ2) is 7.90. The number of pyridine rings is 1. The van der Waals surface area contributed by atoms with Gasteiger partial charge in [-0.05, 0) is 29.8 Å². The van der Waals surface area contributed by atoms with E-state index in [9.17, 15) is 18.0 Å². The van der Waals surface area contributed by atoms with Crippen molar-refractivity contribution in [1.82, 2.24) is 10.3 Å². The third kappa shape index (κ3) is 4.84. The summed E-state index contributed by atoms with van der Waals surface area (Å²) in [6.07, 6.45) is -3.15. The van der Waals surface area contributed by atoms with Gasteiger partial charge in [0, 0.05) is 12.7 Å². The van der Waals surface area contributed by atoms with E-state index in [-0.39, 0.29) is 17.4 Å². The molecule has 0 saturated carbocycles. The Morgan fingerprint density at radius 3 is 2.30 bits per heavy atom. The summed E-state index contributed by atoms with van der Waals surface area (Å²) in [6.45, 7) is 0.374. The number of carbonyl (C=O) groups excluding carboxylic acids is 1. The largest absolute Gasteiger partial charge is 0.418 e. The van der Waals surface area contributed by atoms with Gasteiger partial charge in [0.2, 0.25) is 0 Å². The molecule has 0 aliphatic carbocycles. The van der Waals surface area contributed by atoms with E-state index in [0.29, 0.717) is 12.1 Å². The third-order valence-electron chi connectivity index (χ3n) is 3.82. The maximum absolute atomic E-state index is 13.0. The molecule has 0 aliphatic heterocycles. The van der Waals surface area contributed by atoms with Crippen molar-refractivity contribution in [3.8, 4) is 0 Å². The SMILES string of the molecule is O=C(NCc1ccccc1)c1ccc(Nc2ccccc2C(F)(F)F)nc1. The number of benzene rings is 2. The number of alkyl halides is 3. The van der Waals surface area contributed by atoms with Gasteiger partial charge in [0.25, 0.3) is 5.91 Å². The molecule has 3 aromatic rings. The summed E-state index contributed by atoms with van der Waals surface area (Å²) in [5, 5.41) is 5.41. The van der Waals surface area contributed by atoms with Gasteiger partial charge in [-0.3, -0.25) is 4.79 Å². The van der Waals surface area contributed by atoms with Crippen molar-refractivity contribution < 1.29 is 18.0 Å². The van der Waals surface area contributed by atoms with E-state index < -0.39 is 11.7 Å². The van der Waals surface area contributed by atoms with E-state index >= 15 is 0 Å². The molecule has 27 heavy (non-hydrogen) atoms. The minimum absolute atomic E-state index is 0.0984. The molecule has 0 bridgehead atoms. The van der Waals surface area contributed by atoms with Gasteiger partial charge < -0.3 is 10.6 Å². The lowest BCUT2D eigenvalue weighted by Crippen LogP contribution is -2.22. The van der Waals surface area contributed by atoms with Gasteiger partial charge in [-0.2, -0.15) is 13.2 Å². The van der Waals surface area contributed by atoms with Crippen LogP contribution in [0.2, 0.25) is 0 Å². The van der Waals surface area contributed by atoms with E-state index in [1.807, 2.05) is 30.3 Å². The summed E-state index contributed by atoms with van der Waals surface area (Å²) in [5.74, 6) is -0.0973. The van der Waals surface area contributed by atoms with E-state index in [0.717, 1.165) is 11.6 Å². The number of aromatic nitrogens is 1. The van der Waals surface area contributed by atoms with Crippen molar-refractivity contribution in [1.29, 1.82) is 0 Å². The van der Waals surface area contributed by atoms with Crippen molar-refractivity contribution in [2.75, 3.05) is 5.32 Å². The molecule has 7 heteroatoms. The highest BCUT2D eigenvalue weighted by Gasteiger charge is 2.33. The fraction of sp³-hybridized carbons (Fsp3) is 0.100. The molecule has 4 nitrogen and oxygen atoms in total. The zero-order chi connectivity index (χ0) is 19.3. The third-order valence-corrected chi connectivity index (χ3v) is 3.82. The Kier molecular flexibility index (Phi) is 5.40. The van der Waals surface area contributed by atoms with Crippen LogP contribution in [-0.2, 0) is 12.7 Å². The summed E-state index contributed by atoms with van der Waals surface area (Å²) in [4.78, 5) is 16.2. The number of halogens is 3. The molecular formula is C20H16F3N3O. The minimum Gasteiger partial charge on any atom is -0.348 e. The molecule has 0 aliphatic rings. The van der Waals surface area contributed by atoms with Gasteiger partial charge in [-0.15, -0.1) is 0 Å². The highest BCUT2D eigenvalue weighted by atomic mass is 19.4. The molecule has 0 atom stereocenters. The maximum atomic E-state index is 13.0. The topological polar surface area (TPSA) is 54.0 Å². The van der Waals surface area contributed by atoms with Crippen LogP contribution in [0, 0.1) is 0 Å². The van der Waals surface area contributed by atoms with Crippen LogP contribution < -0.4 is 10.6 Å². The number of rotatable bonds is 5. The summed E-state index contributed by atoms with van der Waals surface area (Å²) in [6, 6.07) is 17.5. The fourth-order valence-corrected chi connectivity index (χ4v) is 2.46. The van der Waals surface area contributed by atoms with Gasteiger partial charge in [-0.1, -0.05) is 42.5 Å². The van der Waals surface area contributed by atoms with Crippen molar-refractivity contribution in [2.45, 2.75) is 12.7 Å². The van der Waals surface area contributed by atoms with Crippen molar-refractivity contribution in [3.05, 3.63) is 89.6 Å².